The molecule has 5 heteroatoms. The number of carbonyl (C=O) groups excluding carboxylic acids is 1. The largest absolute Gasteiger partial charge is 0.338 e. The van der Waals surface area contributed by atoms with E-state index < -0.39 is 0 Å². The lowest BCUT2D eigenvalue weighted by Gasteiger charge is -2.29. The molecule has 2 heterocycles. The van der Waals surface area contributed by atoms with E-state index in [0.29, 0.717) is 11.8 Å². The minimum atomic E-state index is 0.118. The number of nitrogens with two attached hydrogens (primary N) is 1. The van der Waals surface area contributed by atoms with Crippen LogP contribution in [-0.2, 0) is 7.05 Å². The Morgan fingerprint density at radius 2 is 2.21 bits per heavy atom. The van der Waals surface area contributed by atoms with Crippen molar-refractivity contribution in [3.63, 3.8) is 0 Å². The van der Waals surface area contributed by atoms with Gasteiger partial charge in [0.25, 0.3) is 5.91 Å². The Labute approximate surface area is 113 Å². The molecule has 1 aliphatic heterocycles. The molecule has 1 saturated heterocycles. The third kappa shape index (κ3) is 2.06. The Balaban J connectivity index is 1.77. The van der Waals surface area contributed by atoms with Crippen LogP contribution in [0.2, 0.25) is 0 Å². The van der Waals surface area contributed by atoms with Crippen molar-refractivity contribution in [2.24, 2.45) is 24.6 Å². The molecule has 2 aliphatic rings. The molecule has 0 aromatic carbocycles. The van der Waals surface area contributed by atoms with Gasteiger partial charge < -0.3 is 10.6 Å². The summed E-state index contributed by atoms with van der Waals surface area (Å²) < 4.78 is 1.75. The van der Waals surface area contributed by atoms with E-state index in [9.17, 15) is 4.79 Å². The summed E-state index contributed by atoms with van der Waals surface area (Å²) in [5.74, 6) is 1.21. The highest BCUT2D eigenvalue weighted by molar-refractivity contribution is 5.95. The Morgan fingerprint density at radius 3 is 2.84 bits per heavy atom. The van der Waals surface area contributed by atoms with Crippen molar-refractivity contribution >= 4 is 5.91 Å². The predicted molar refractivity (Wildman–Crippen MR) is 72.7 cm³/mol. The molecule has 1 saturated carbocycles. The summed E-state index contributed by atoms with van der Waals surface area (Å²) in [6.45, 7) is 3.62. The summed E-state index contributed by atoms with van der Waals surface area (Å²) >= 11 is 0. The molecule has 3 atom stereocenters. The lowest BCUT2D eigenvalue weighted by molar-refractivity contribution is 0.0782. The maximum atomic E-state index is 12.6. The maximum absolute atomic E-state index is 12.6. The molecule has 104 valence electrons. The number of carbonyl (C=O) groups is 1. The predicted octanol–water partition coefficient (Wildman–Crippen LogP) is 0.928. The van der Waals surface area contributed by atoms with Gasteiger partial charge in [-0.2, -0.15) is 5.10 Å². The average molecular weight is 262 g/mol. The van der Waals surface area contributed by atoms with Crippen molar-refractivity contribution in [2.75, 3.05) is 13.1 Å². The maximum Gasteiger partial charge on any atom is 0.257 e. The number of aryl methyl sites for hydroxylation is 1. The summed E-state index contributed by atoms with van der Waals surface area (Å²) in [4.78, 5) is 14.5. The molecule has 5 nitrogen and oxygen atoms in total. The van der Waals surface area contributed by atoms with Gasteiger partial charge in [-0.1, -0.05) is 6.42 Å². The lowest BCUT2D eigenvalue weighted by atomic mass is 9.78. The van der Waals surface area contributed by atoms with Gasteiger partial charge in [0.2, 0.25) is 0 Å². The first-order valence-corrected chi connectivity index (χ1v) is 7.11. The van der Waals surface area contributed by atoms with Crippen molar-refractivity contribution < 1.29 is 4.79 Å². The zero-order valence-corrected chi connectivity index (χ0v) is 11.7. The van der Waals surface area contributed by atoms with Crippen molar-refractivity contribution in [3.8, 4) is 0 Å². The van der Waals surface area contributed by atoms with Gasteiger partial charge in [-0.3, -0.25) is 9.48 Å². The fourth-order valence-corrected chi connectivity index (χ4v) is 3.56. The van der Waals surface area contributed by atoms with Crippen LogP contribution >= 0.6 is 0 Å². The normalized spacial score (nSPS) is 30.5. The standard InChI is InChI=1S/C14H22N4O/c1-9-11(6-16-17(9)2)14(19)18-7-10-4-3-5-13(15)12(10)8-18/h6,10,12-13H,3-5,7-8,15H2,1-2H3. The summed E-state index contributed by atoms with van der Waals surface area (Å²) in [5, 5.41) is 4.16. The first-order valence-electron chi connectivity index (χ1n) is 7.11. The van der Waals surface area contributed by atoms with E-state index in [1.165, 1.54) is 12.8 Å². The quantitative estimate of drug-likeness (QED) is 0.819. The van der Waals surface area contributed by atoms with E-state index in [1.54, 1.807) is 10.9 Å². The van der Waals surface area contributed by atoms with E-state index in [0.717, 1.165) is 30.8 Å². The minimum absolute atomic E-state index is 0.118. The molecule has 1 amide bonds. The van der Waals surface area contributed by atoms with Crippen molar-refractivity contribution in [3.05, 3.63) is 17.5 Å². The number of hydrogen-bond acceptors (Lipinski definition) is 3. The third-order valence-electron chi connectivity index (χ3n) is 4.91. The number of nitrogens with zero attached hydrogens (tertiary/aromatic N) is 3. The average Bonchev–Trinajstić information content (AvgIpc) is 2.95. The number of rotatable bonds is 1. The van der Waals surface area contributed by atoms with Gasteiger partial charge in [0.05, 0.1) is 11.8 Å². The number of amides is 1. The van der Waals surface area contributed by atoms with Crippen LogP contribution in [0.4, 0.5) is 0 Å². The van der Waals surface area contributed by atoms with E-state index in [4.69, 9.17) is 5.73 Å². The Bertz CT molecular complexity index is 496. The molecule has 0 bridgehead atoms. The minimum Gasteiger partial charge on any atom is -0.338 e. The summed E-state index contributed by atoms with van der Waals surface area (Å²) in [7, 11) is 1.87. The van der Waals surface area contributed by atoms with Crippen molar-refractivity contribution in [1.82, 2.24) is 14.7 Å². The van der Waals surface area contributed by atoms with E-state index >= 15 is 0 Å². The lowest BCUT2D eigenvalue weighted by Crippen LogP contribution is -2.38. The summed E-state index contributed by atoms with van der Waals surface area (Å²) in [6, 6.07) is 0.270. The smallest absolute Gasteiger partial charge is 0.257 e. The van der Waals surface area contributed by atoms with Gasteiger partial charge in [0, 0.05) is 31.9 Å². The van der Waals surface area contributed by atoms with Crippen LogP contribution in [0, 0.1) is 18.8 Å². The van der Waals surface area contributed by atoms with Gasteiger partial charge in [0.15, 0.2) is 0 Å². The molecule has 1 aromatic rings. The molecule has 0 spiro atoms. The third-order valence-corrected chi connectivity index (χ3v) is 4.91. The van der Waals surface area contributed by atoms with Crippen LogP contribution in [0.3, 0.4) is 0 Å². The SMILES string of the molecule is Cc1c(C(=O)N2CC3CCCC(N)C3C2)cnn1C. The van der Waals surface area contributed by atoms with E-state index in [2.05, 4.69) is 5.10 Å². The molecule has 1 aliphatic carbocycles. The topological polar surface area (TPSA) is 64.2 Å². The van der Waals surface area contributed by atoms with Crippen LogP contribution in [-0.4, -0.2) is 39.7 Å². The number of aromatic nitrogens is 2. The monoisotopic (exact) mass is 262 g/mol. The van der Waals surface area contributed by atoms with Gasteiger partial charge in [-0.15, -0.1) is 0 Å². The molecule has 2 fully saturated rings. The van der Waals surface area contributed by atoms with Crippen LogP contribution < -0.4 is 5.73 Å². The van der Waals surface area contributed by atoms with Crippen LogP contribution in [0.1, 0.15) is 35.3 Å². The Kier molecular flexibility index (Phi) is 3.09. The second kappa shape index (κ2) is 4.63. The highest BCUT2D eigenvalue weighted by atomic mass is 16.2. The molecule has 1 aromatic heterocycles. The van der Waals surface area contributed by atoms with Gasteiger partial charge in [-0.05, 0) is 31.6 Å². The first-order chi connectivity index (χ1) is 9.08. The first kappa shape index (κ1) is 12.7. The Hall–Kier alpha value is -1.36. The number of hydrogen-bond donors (Lipinski definition) is 1. The second-order valence-electron chi connectivity index (χ2n) is 6.00. The molecule has 3 rings (SSSR count). The fourth-order valence-electron chi connectivity index (χ4n) is 3.56. The van der Waals surface area contributed by atoms with Gasteiger partial charge in [0.1, 0.15) is 0 Å². The highest BCUT2D eigenvalue weighted by Gasteiger charge is 2.40. The molecular formula is C14H22N4O. The summed E-state index contributed by atoms with van der Waals surface area (Å²) in [6.07, 6.45) is 5.21. The van der Waals surface area contributed by atoms with E-state index in [-0.39, 0.29) is 11.9 Å². The van der Waals surface area contributed by atoms with Gasteiger partial charge >= 0.3 is 0 Å². The van der Waals surface area contributed by atoms with Crippen LogP contribution in [0.25, 0.3) is 0 Å². The van der Waals surface area contributed by atoms with Crippen molar-refractivity contribution in [1.29, 1.82) is 0 Å². The second-order valence-corrected chi connectivity index (χ2v) is 6.00. The van der Waals surface area contributed by atoms with Crippen LogP contribution in [0.5, 0.6) is 0 Å². The number of likely N-dealkylation sites (tertiary alicyclic amines) is 1. The highest BCUT2D eigenvalue weighted by Crippen LogP contribution is 2.36. The van der Waals surface area contributed by atoms with Crippen LogP contribution in [0.15, 0.2) is 6.20 Å². The zero-order chi connectivity index (χ0) is 13.6. The zero-order valence-electron chi connectivity index (χ0n) is 11.7. The molecule has 0 radical (unpaired) electrons. The Morgan fingerprint density at radius 1 is 1.42 bits per heavy atom. The van der Waals surface area contributed by atoms with E-state index in [1.807, 2.05) is 18.9 Å². The fraction of sp³-hybridized carbons (Fsp3) is 0.714. The number of fused-ring (bicyclic) bond motifs is 1. The molecule has 2 N–H and O–H groups in total. The van der Waals surface area contributed by atoms with Crippen molar-refractivity contribution in [2.45, 2.75) is 32.2 Å². The molecular weight excluding hydrogens is 240 g/mol. The summed E-state index contributed by atoms with van der Waals surface area (Å²) in [5.41, 5.74) is 7.87. The molecule has 3 unspecified atom stereocenters. The molecule has 19 heavy (non-hydrogen) atoms. The van der Waals surface area contributed by atoms with Gasteiger partial charge in [-0.25, -0.2) is 0 Å².